The molecule has 1 saturated heterocycles. The van der Waals surface area contributed by atoms with Crippen molar-refractivity contribution >= 4 is 27.9 Å². The molecule has 2 aliphatic carbocycles. The van der Waals surface area contributed by atoms with Gasteiger partial charge in [0, 0.05) is 38.6 Å². The van der Waals surface area contributed by atoms with Crippen LogP contribution in [0.2, 0.25) is 0 Å². The number of hydrogen-bond donors (Lipinski definition) is 2. The lowest BCUT2D eigenvalue weighted by Gasteiger charge is -2.32. The van der Waals surface area contributed by atoms with Crippen molar-refractivity contribution in [2.75, 3.05) is 33.6 Å². The van der Waals surface area contributed by atoms with Gasteiger partial charge < -0.3 is 29.3 Å². The van der Waals surface area contributed by atoms with Crippen LogP contribution in [0.3, 0.4) is 0 Å². The van der Waals surface area contributed by atoms with Gasteiger partial charge in [-0.05, 0) is 63.1 Å². The molecule has 5 rings (SSSR count). The highest BCUT2D eigenvalue weighted by atomic mass is 32.2. The van der Waals surface area contributed by atoms with Crippen molar-refractivity contribution in [2.24, 2.45) is 5.92 Å². The smallest absolute Gasteiger partial charge is 0.321 e. The molecule has 44 heavy (non-hydrogen) atoms. The number of benzene rings is 1. The molecule has 0 radical (unpaired) electrons. The third-order valence-corrected chi connectivity index (χ3v) is 10.7. The molecule has 12 nitrogen and oxygen atoms in total. The summed E-state index contributed by atoms with van der Waals surface area (Å²) in [4.78, 5) is 44.9. The van der Waals surface area contributed by atoms with Crippen molar-refractivity contribution < 1.29 is 37.0 Å². The Morgan fingerprint density at radius 1 is 1.14 bits per heavy atom. The summed E-state index contributed by atoms with van der Waals surface area (Å²) in [6.45, 7) is 3.39. The number of methoxy groups -OCH3 is 1. The molecule has 2 heterocycles. The molecular weight excluding hydrogens is 588 g/mol. The fourth-order valence-corrected chi connectivity index (χ4v) is 7.31. The van der Waals surface area contributed by atoms with E-state index in [1.165, 1.54) is 4.90 Å². The Morgan fingerprint density at radius 3 is 2.61 bits per heavy atom. The predicted octanol–water partition coefficient (Wildman–Crippen LogP) is 2.68. The van der Waals surface area contributed by atoms with E-state index in [2.05, 4.69) is 10.0 Å². The molecule has 4 aliphatic rings. The van der Waals surface area contributed by atoms with E-state index in [-0.39, 0.29) is 38.1 Å². The molecule has 242 valence electrons. The van der Waals surface area contributed by atoms with Crippen LogP contribution in [-0.2, 0) is 35.6 Å². The molecule has 3 fully saturated rings. The lowest BCUT2D eigenvalue weighted by atomic mass is 10.1. The molecule has 13 heteroatoms. The van der Waals surface area contributed by atoms with Gasteiger partial charge in [-0.2, -0.15) is 0 Å². The number of nitrogens with one attached hydrogen (secondary N) is 2. The molecule has 1 aromatic carbocycles. The standard InChI is InChI=1S/C31H44N4O8S/c1-3-42-21-43-25-17-27-28(36)32-31(29(37)33-44(39,40)26-14-15-26)18-23(31)9-7-5-4-6-8-16-34(30(38)35(27)20-25)19-22-10-12-24(41-2)13-11-22/h7,9-13,23,25-27H,3-6,8,14-21H2,1-2H3,(H,32,36)(H,33,37)/b9-7-/t23-,25-,27+,31-/m1/s1. The lowest BCUT2D eigenvalue weighted by molar-refractivity contribution is -0.131. The number of ether oxygens (including phenoxy) is 3. The van der Waals surface area contributed by atoms with E-state index in [1.54, 1.807) is 12.0 Å². The lowest BCUT2D eigenvalue weighted by Crippen LogP contribution is -2.57. The summed E-state index contributed by atoms with van der Waals surface area (Å²) in [5.74, 6) is -0.849. The average Bonchev–Trinajstić information content (AvgIpc) is 3.93. The fraction of sp³-hybridized carbons (Fsp3) is 0.645. The van der Waals surface area contributed by atoms with Crippen LogP contribution in [0.5, 0.6) is 5.75 Å². The van der Waals surface area contributed by atoms with Crippen molar-refractivity contribution in [1.82, 2.24) is 19.8 Å². The van der Waals surface area contributed by atoms with E-state index in [0.29, 0.717) is 32.5 Å². The van der Waals surface area contributed by atoms with Gasteiger partial charge in [0.05, 0.1) is 18.5 Å². The van der Waals surface area contributed by atoms with Crippen molar-refractivity contribution in [3.63, 3.8) is 0 Å². The predicted molar refractivity (Wildman–Crippen MR) is 162 cm³/mol. The second kappa shape index (κ2) is 13.9. The highest BCUT2D eigenvalue weighted by molar-refractivity contribution is 7.91. The monoisotopic (exact) mass is 632 g/mol. The maximum atomic E-state index is 14.2. The third-order valence-electron chi connectivity index (χ3n) is 8.84. The Morgan fingerprint density at radius 2 is 1.91 bits per heavy atom. The SMILES string of the molecule is CCOCO[C@@H]1C[C@H]2C(=O)N[C@]3(C(=O)NS(=O)(=O)C4CC4)C[C@H]3/C=C\CCCCCN(Cc3ccc(OC)cc3)C(=O)N2C1. The average molecular weight is 633 g/mol. The first-order chi connectivity index (χ1) is 21.2. The van der Waals surface area contributed by atoms with Crippen LogP contribution < -0.4 is 14.8 Å². The van der Waals surface area contributed by atoms with Crippen molar-refractivity contribution in [3.8, 4) is 5.75 Å². The fourth-order valence-electron chi connectivity index (χ4n) is 5.95. The topological polar surface area (TPSA) is 144 Å². The molecule has 0 spiro atoms. The van der Waals surface area contributed by atoms with Crippen LogP contribution in [-0.4, -0.2) is 92.6 Å². The molecule has 2 aliphatic heterocycles. The van der Waals surface area contributed by atoms with E-state index >= 15 is 0 Å². The molecule has 0 bridgehead atoms. The summed E-state index contributed by atoms with van der Waals surface area (Å²) in [6, 6.07) is 6.33. The Kier molecular flexibility index (Phi) is 10.2. The van der Waals surface area contributed by atoms with Crippen LogP contribution >= 0.6 is 0 Å². The van der Waals surface area contributed by atoms with Crippen LogP contribution in [0.1, 0.15) is 63.9 Å². The molecule has 0 aromatic heterocycles. The summed E-state index contributed by atoms with van der Waals surface area (Å²) >= 11 is 0. The number of amides is 4. The van der Waals surface area contributed by atoms with Gasteiger partial charge in [0.25, 0.3) is 5.91 Å². The third kappa shape index (κ3) is 7.55. The first-order valence-electron chi connectivity index (χ1n) is 15.6. The molecule has 2 N–H and O–H groups in total. The minimum Gasteiger partial charge on any atom is -0.497 e. The quantitative estimate of drug-likeness (QED) is 0.228. The van der Waals surface area contributed by atoms with Crippen molar-refractivity contribution in [2.45, 2.75) is 87.8 Å². The summed E-state index contributed by atoms with van der Waals surface area (Å²) in [6.07, 6.45) is 8.37. The van der Waals surface area contributed by atoms with Gasteiger partial charge in [0.2, 0.25) is 15.9 Å². The first kappa shape index (κ1) is 32.2. The zero-order chi connectivity index (χ0) is 31.3. The molecule has 2 saturated carbocycles. The van der Waals surface area contributed by atoms with Crippen LogP contribution in [0.15, 0.2) is 36.4 Å². The van der Waals surface area contributed by atoms with Crippen LogP contribution in [0.25, 0.3) is 0 Å². The number of carbonyl (C=O) groups is 3. The molecule has 4 atom stereocenters. The van der Waals surface area contributed by atoms with Gasteiger partial charge in [0.1, 0.15) is 24.1 Å². The first-order valence-corrected chi connectivity index (χ1v) is 17.1. The molecule has 0 unspecified atom stereocenters. The van der Waals surface area contributed by atoms with Crippen molar-refractivity contribution in [1.29, 1.82) is 0 Å². The number of fused-ring (bicyclic) bond motifs is 2. The van der Waals surface area contributed by atoms with Gasteiger partial charge in [-0.15, -0.1) is 0 Å². The largest absolute Gasteiger partial charge is 0.497 e. The molecule has 1 aromatic rings. The number of hydrogen-bond acceptors (Lipinski definition) is 8. The Balaban J connectivity index is 1.40. The van der Waals surface area contributed by atoms with E-state index in [4.69, 9.17) is 14.2 Å². The highest BCUT2D eigenvalue weighted by Crippen LogP contribution is 2.46. The maximum Gasteiger partial charge on any atom is 0.321 e. The second-order valence-corrected chi connectivity index (χ2v) is 14.0. The van der Waals surface area contributed by atoms with E-state index in [9.17, 15) is 22.8 Å². The summed E-state index contributed by atoms with van der Waals surface area (Å²) < 4.78 is 44.0. The van der Waals surface area contributed by atoms with E-state index < -0.39 is 44.8 Å². The Bertz CT molecular complexity index is 1330. The van der Waals surface area contributed by atoms with Gasteiger partial charge in [0.15, 0.2) is 0 Å². The second-order valence-electron chi connectivity index (χ2n) is 12.1. The Labute approximate surface area is 259 Å². The van der Waals surface area contributed by atoms with Crippen LogP contribution in [0.4, 0.5) is 4.79 Å². The number of allylic oxidation sites excluding steroid dienone is 1. The minimum atomic E-state index is -3.81. The maximum absolute atomic E-state index is 14.2. The van der Waals surface area contributed by atoms with Gasteiger partial charge in [-0.1, -0.05) is 30.7 Å². The minimum absolute atomic E-state index is 0.0331. The normalized spacial score (nSPS) is 28.6. The summed E-state index contributed by atoms with van der Waals surface area (Å²) in [7, 11) is -2.21. The number of urea groups is 1. The van der Waals surface area contributed by atoms with E-state index in [0.717, 1.165) is 37.0 Å². The van der Waals surface area contributed by atoms with Crippen molar-refractivity contribution in [3.05, 3.63) is 42.0 Å². The van der Waals surface area contributed by atoms with Gasteiger partial charge in [-0.25, -0.2) is 13.2 Å². The Hall–Kier alpha value is -3.16. The summed E-state index contributed by atoms with van der Waals surface area (Å²) in [5.41, 5.74) is -0.463. The van der Waals surface area contributed by atoms with E-state index in [1.807, 2.05) is 43.3 Å². The molecular formula is C31H44N4O8S. The van der Waals surface area contributed by atoms with Gasteiger partial charge in [-0.3, -0.25) is 14.3 Å². The van der Waals surface area contributed by atoms with Crippen LogP contribution in [0, 0.1) is 5.92 Å². The highest BCUT2D eigenvalue weighted by Gasteiger charge is 2.62. The zero-order valence-corrected chi connectivity index (χ0v) is 26.4. The number of carbonyl (C=O) groups excluding carboxylic acids is 3. The summed E-state index contributed by atoms with van der Waals surface area (Å²) in [5, 5.41) is 2.32. The van der Waals surface area contributed by atoms with Gasteiger partial charge >= 0.3 is 6.03 Å². The molecule has 4 amide bonds. The zero-order valence-electron chi connectivity index (χ0n) is 25.5. The number of rotatable bonds is 10. The number of nitrogens with zero attached hydrogens (tertiary/aromatic N) is 2. The number of sulfonamides is 1.